The summed E-state index contributed by atoms with van der Waals surface area (Å²) in [5.41, 5.74) is 0.676. The summed E-state index contributed by atoms with van der Waals surface area (Å²) in [5.74, 6) is -0.765. The molecule has 1 heterocycles. The molecule has 0 radical (unpaired) electrons. The van der Waals surface area contributed by atoms with Crippen LogP contribution in [0, 0.1) is 11.3 Å². The van der Waals surface area contributed by atoms with E-state index in [2.05, 4.69) is 16.0 Å². The van der Waals surface area contributed by atoms with Gasteiger partial charge in [0.1, 0.15) is 15.3 Å². The zero-order chi connectivity index (χ0) is 22.8. The molecule has 2 amide bonds. The van der Waals surface area contributed by atoms with Gasteiger partial charge in [0, 0.05) is 30.7 Å². The highest BCUT2D eigenvalue weighted by molar-refractivity contribution is 7.07. The fraction of sp³-hybridized carbons (Fsp3) is 0.300. The van der Waals surface area contributed by atoms with Crippen LogP contribution in [-0.2, 0) is 16.1 Å². The number of aromatic nitrogens is 1. The molecule has 1 aromatic carbocycles. The van der Waals surface area contributed by atoms with Gasteiger partial charge in [-0.1, -0.05) is 0 Å². The van der Waals surface area contributed by atoms with Crippen LogP contribution in [-0.4, -0.2) is 41.4 Å². The molecule has 10 nitrogen and oxygen atoms in total. The molecule has 1 aromatic heterocycles. The molecule has 0 unspecified atom stereocenters. The van der Waals surface area contributed by atoms with E-state index in [0.29, 0.717) is 22.5 Å². The van der Waals surface area contributed by atoms with Gasteiger partial charge in [-0.15, -0.1) is 11.3 Å². The first-order valence-corrected chi connectivity index (χ1v) is 10.3. The predicted octanol–water partition coefficient (Wildman–Crippen LogP) is 0.131. The molecule has 4 N–H and O–H groups in total. The molecule has 0 spiro atoms. The standard InChI is InChI=1S/C20H23N5O5S/c1-3-25-17(27)16(31-18(25)15(11-21)19(28)30-4-2)12-23-13-5-7-14(8-6-13)24-20(29)22-9-10-26/h5-8,12,23,26H,3-4,9-10H2,1-2H3,(H2,22,24,29)/b16-12+,18-15-. The van der Waals surface area contributed by atoms with Crippen LogP contribution in [0.2, 0.25) is 0 Å². The van der Waals surface area contributed by atoms with Gasteiger partial charge in [0.2, 0.25) is 0 Å². The van der Waals surface area contributed by atoms with E-state index < -0.39 is 12.0 Å². The number of nitriles is 1. The minimum absolute atomic E-state index is 0.125. The summed E-state index contributed by atoms with van der Waals surface area (Å²) in [7, 11) is 0. The highest BCUT2D eigenvalue weighted by Gasteiger charge is 2.16. The molecule has 0 aliphatic heterocycles. The number of benzene rings is 1. The van der Waals surface area contributed by atoms with Crippen molar-refractivity contribution in [2.24, 2.45) is 0 Å². The predicted molar refractivity (Wildman–Crippen MR) is 118 cm³/mol. The number of nitrogens with zero attached hydrogens (tertiary/aromatic N) is 2. The second kappa shape index (κ2) is 11.5. The first-order chi connectivity index (χ1) is 14.9. The summed E-state index contributed by atoms with van der Waals surface area (Å²) in [5, 5.41) is 26.2. The number of carbonyl (C=O) groups excluding carboxylic acids is 2. The van der Waals surface area contributed by atoms with Crippen LogP contribution in [0.3, 0.4) is 0 Å². The van der Waals surface area contributed by atoms with Gasteiger partial charge in [-0.05, 0) is 38.1 Å². The molecule has 0 fully saturated rings. The lowest BCUT2D eigenvalue weighted by atomic mass is 10.3. The zero-order valence-corrected chi connectivity index (χ0v) is 17.9. The lowest BCUT2D eigenvalue weighted by molar-refractivity contribution is -0.136. The summed E-state index contributed by atoms with van der Waals surface area (Å²) in [4.78, 5) is 36.3. The van der Waals surface area contributed by atoms with Crippen molar-refractivity contribution in [3.05, 3.63) is 43.8 Å². The largest absolute Gasteiger partial charge is 0.462 e. The number of thiazole rings is 1. The number of nitrogens with one attached hydrogen (secondary N) is 3. The maximum atomic E-state index is 12.7. The van der Waals surface area contributed by atoms with Crippen molar-refractivity contribution in [1.29, 1.82) is 5.26 Å². The molecular weight excluding hydrogens is 422 g/mol. The Labute approximate surface area is 182 Å². The quantitative estimate of drug-likeness (QED) is 0.423. The van der Waals surface area contributed by atoms with Crippen molar-refractivity contribution in [2.45, 2.75) is 20.4 Å². The summed E-state index contributed by atoms with van der Waals surface area (Å²) in [6, 6.07) is 8.15. The summed E-state index contributed by atoms with van der Waals surface area (Å²) in [6.45, 7) is 3.81. The molecule has 31 heavy (non-hydrogen) atoms. The molecule has 0 atom stereocenters. The van der Waals surface area contributed by atoms with Crippen molar-refractivity contribution in [1.82, 2.24) is 9.88 Å². The first-order valence-electron chi connectivity index (χ1n) is 9.48. The van der Waals surface area contributed by atoms with Crippen molar-refractivity contribution in [3.63, 3.8) is 0 Å². The van der Waals surface area contributed by atoms with E-state index in [-0.39, 0.29) is 35.6 Å². The monoisotopic (exact) mass is 445 g/mol. The number of carbonyl (C=O) groups is 2. The maximum absolute atomic E-state index is 12.7. The number of rotatable bonds is 8. The van der Waals surface area contributed by atoms with E-state index in [4.69, 9.17) is 9.84 Å². The molecule has 2 rings (SSSR count). The highest BCUT2D eigenvalue weighted by Crippen LogP contribution is 2.13. The molecule has 2 aromatic rings. The number of anilines is 2. The van der Waals surface area contributed by atoms with Gasteiger partial charge in [-0.25, -0.2) is 9.59 Å². The van der Waals surface area contributed by atoms with Crippen LogP contribution in [0.15, 0.2) is 29.1 Å². The molecule has 0 saturated carbocycles. The Kier molecular flexibility index (Phi) is 8.80. The Balaban J connectivity index is 2.28. The van der Waals surface area contributed by atoms with Gasteiger partial charge in [-0.3, -0.25) is 9.36 Å². The highest BCUT2D eigenvalue weighted by atomic mass is 32.1. The Bertz CT molecular complexity index is 1140. The minimum Gasteiger partial charge on any atom is -0.462 e. The number of hydrogen-bond acceptors (Lipinski definition) is 8. The molecule has 0 saturated heterocycles. The number of esters is 1. The summed E-state index contributed by atoms with van der Waals surface area (Å²) in [6.07, 6.45) is 1.50. The van der Waals surface area contributed by atoms with Crippen LogP contribution in [0.4, 0.5) is 16.2 Å². The fourth-order valence-corrected chi connectivity index (χ4v) is 3.60. The van der Waals surface area contributed by atoms with E-state index in [0.717, 1.165) is 11.3 Å². The Morgan fingerprint density at radius 2 is 1.94 bits per heavy atom. The van der Waals surface area contributed by atoms with Gasteiger partial charge in [0.25, 0.3) is 5.56 Å². The molecule has 11 heteroatoms. The average Bonchev–Trinajstić information content (AvgIpc) is 3.07. The Hall–Kier alpha value is -3.62. The second-order valence-electron chi connectivity index (χ2n) is 6.00. The van der Waals surface area contributed by atoms with Gasteiger partial charge >= 0.3 is 12.0 Å². The first kappa shape index (κ1) is 23.7. The van der Waals surface area contributed by atoms with Gasteiger partial charge in [0.15, 0.2) is 5.57 Å². The number of aliphatic hydroxyl groups is 1. The smallest absolute Gasteiger partial charge is 0.351 e. The van der Waals surface area contributed by atoms with Crippen molar-refractivity contribution in [2.75, 3.05) is 30.4 Å². The van der Waals surface area contributed by atoms with Crippen LogP contribution >= 0.6 is 11.3 Å². The number of ether oxygens (including phenoxy) is 1. The van der Waals surface area contributed by atoms with Gasteiger partial charge in [-0.2, -0.15) is 5.26 Å². The third-order valence-corrected chi connectivity index (χ3v) is 5.07. The Morgan fingerprint density at radius 1 is 1.26 bits per heavy atom. The van der Waals surface area contributed by atoms with E-state index in [9.17, 15) is 19.6 Å². The summed E-state index contributed by atoms with van der Waals surface area (Å²) >= 11 is 1.02. The van der Waals surface area contributed by atoms with E-state index in [1.54, 1.807) is 38.1 Å². The molecule has 164 valence electrons. The molecular formula is C20H23N5O5S. The van der Waals surface area contributed by atoms with Gasteiger partial charge < -0.3 is 25.8 Å². The Morgan fingerprint density at radius 3 is 2.52 bits per heavy atom. The maximum Gasteiger partial charge on any atom is 0.351 e. The van der Waals surface area contributed by atoms with Crippen LogP contribution in [0.1, 0.15) is 13.8 Å². The second-order valence-corrected chi connectivity index (χ2v) is 7.03. The number of amides is 2. The van der Waals surface area contributed by atoms with Gasteiger partial charge in [0.05, 0.1) is 13.2 Å². The third-order valence-electron chi connectivity index (χ3n) is 3.94. The molecule has 0 bridgehead atoms. The van der Waals surface area contributed by atoms with Crippen LogP contribution < -0.4 is 30.7 Å². The summed E-state index contributed by atoms with van der Waals surface area (Å²) < 4.78 is 6.82. The molecule has 0 aliphatic rings. The number of aliphatic hydroxyl groups excluding tert-OH is 1. The fourth-order valence-electron chi connectivity index (χ4n) is 2.52. The zero-order valence-electron chi connectivity index (χ0n) is 17.1. The SMILES string of the molecule is CCOC(=O)/C(C#N)=c1\s/c(=C/Nc2ccc(NC(=O)NCCO)cc2)c(=O)n1CC. The van der Waals surface area contributed by atoms with Crippen LogP contribution in [0.5, 0.6) is 0 Å². The topological polar surface area (TPSA) is 145 Å². The lowest BCUT2D eigenvalue weighted by Crippen LogP contribution is -2.32. The van der Waals surface area contributed by atoms with Crippen molar-refractivity contribution < 1.29 is 19.4 Å². The van der Waals surface area contributed by atoms with Crippen molar-refractivity contribution >= 4 is 46.5 Å². The number of hydrogen-bond donors (Lipinski definition) is 4. The van der Waals surface area contributed by atoms with E-state index >= 15 is 0 Å². The normalized spacial score (nSPS) is 12.0. The minimum atomic E-state index is -0.765. The van der Waals surface area contributed by atoms with E-state index in [1.165, 1.54) is 10.8 Å². The molecule has 0 aliphatic carbocycles. The lowest BCUT2D eigenvalue weighted by Gasteiger charge is -2.07. The van der Waals surface area contributed by atoms with Crippen molar-refractivity contribution in [3.8, 4) is 6.07 Å². The van der Waals surface area contributed by atoms with E-state index in [1.807, 2.05) is 6.07 Å². The number of urea groups is 1. The average molecular weight is 446 g/mol. The van der Waals surface area contributed by atoms with Crippen LogP contribution in [0.25, 0.3) is 11.8 Å². The third kappa shape index (κ3) is 6.18.